The molecule has 10 rings (SSSR count). The average molecular weight is 872 g/mol. The first-order chi connectivity index (χ1) is 23.4. The maximum atomic E-state index is 3.86. The second-order valence-corrected chi connectivity index (χ2v) is 16.6. The molecular weight excluding hydrogens is 848 g/mol. The van der Waals surface area contributed by atoms with Crippen LogP contribution in [0.3, 0.4) is 0 Å². The lowest BCUT2D eigenvalue weighted by molar-refractivity contribution is 0.761. The fraction of sp³-hybridized carbons (Fsp3) is 0.0455. The van der Waals surface area contributed by atoms with Crippen molar-refractivity contribution in [2.45, 2.75) is 10.8 Å². The van der Waals surface area contributed by atoms with Crippen molar-refractivity contribution < 1.29 is 0 Å². The Hall–Kier alpha value is -3.54. The van der Waals surface area contributed by atoms with Gasteiger partial charge in [0.2, 0.25) is 0 Å². The van der Waals surface area contributed by atoms with Gasteiger partial charge < -0.3 is 0 Å². The van der Waals surface area contributed by atoms with E-state index in [0.717, 1.165) is 17.9 Å². The molecule has 7 aromatic carbocycles. The van der Waals surface area contributed by atoms with E-state index in [9.17, 15) is 0 Å². The van der Waals surface area contributed by atoms with E-state index in [-0.39, 0.29) is 0 Å². The largest absolute Gasteiger partial charge is 0.0725 e. The Morgan fingerprint density at radius 1 is 0.292 bits per heavy atom. The van der Waals surface area contributed by atoms with E-state index in [2.05, 4.69) is 209 Å². The highest BCUT2D eigenvalue weighted by atomic mass is 79.9. The summed E-state index contributed by atoms with van der Waals surface area (Å²) in [6, 6.07) is 54.5. The van der Waals surface area contributed by atoms with Crippen LogP contribution in [0.25, 0.3) is 33.4 Å². The van der Waals surface area contributed by atoms with Crippen molar-refractivity contribution in [3.05, 3.63) is 208 Å². The number of halogens is 4. The molecule has 0 amide bonds. The van der Waals surface area contributed by atoms with Gasteiger partial charge in [-0.3, -0.25) is 0 Å². The summed E-state index contributed by atoms with van der Waals surface area (Å²) >= 11 is 15.4. The van der Waals surface area contributed by atoms with Gasteiger partial charge in [-0.2, -0.15) is 0 Å². The maximum absolute atomic E-state index is 3.86. The van der Waals surface area contributed by atoms with Crippen LogP contribution in [0.4, 0.5) is 0 Å². The first kappa shape index (κ1) is 29.4. The third kappa shape index (κ3) is 3.65. The lowest BCUT2D eigenvalue weighted by Crippen LogP contribution is -2.29. The van der Waals surface area contributed by atoms with Gasteiger partial charge in [-0.15, -0.1) is 0 Å². The van der Waals surface area contributed by atoms with Crippen LogP contribution in [-0.4, -0.2) is 0 Å². The van der Waals surface area contributed by atoms with Crippen LogP contribution in [0.2, 0.25) is 0 Å². The molecule has 0 nitrogen and oxygen atoms in total. The molecule has 1 spiro atoms. The van der Waals surface area contributed by atoms with E-state index in [1.165, 1.54) is 77.9 Å². The molecule has 0 heterocycles. The minimum Gasteiger partial charge on any atom is -0.0619 e. The molecule has 0 aromatic heterocycles. The van der Waals surface area contributed by atoms with Gasteiger partial charge in [-0.25, -0.2) is 0 Å². The summed E-state index contributed by atoms with van der Waals surface area (Å²) in [5.74, 6) is 0. The van der Waals surface area contributed by atoms with E-state index in [1.54, 1.807) is 0 Å². The SMILES string of the molecule is Brc1cc(Br)cc(C2(c3cc(Br)cc(Br)c3)c3ccccc3-c3c2ccc2c3-c3ccccc3C23c2ccccc2-c2ccccc23)c1. The van der Waals surface area contributed by atoms with E-state index < -0.39 is 10.8 Å². The second kappa shape index (κ2) is 10.5. The predicted molar refractivity (Wildman–Crippen MR) is 211 cm³/mol. The molecule has 48 heavy (non-hydrogen) atoms. The molecule has 3 aliphatic rings. The Morgan fingerprint density at radius 3 is 1.02 bits per heavy atom. The Morgan fingerprint density at radius 2 is 0.604 bits per heavy atom. The first-order valence-electron chi connectivity index (χ1n) is 15.9. The van der Waals surface area contributed by atoms with Gasteiger partial charge in [0.25, 0.3) is 0 Å². The van der Waals surface area contributed by atoms with Gasteiger partial charge in [-0.1, -0.05) is 173 Å². The fourth-order valence-corrected chi connectivity index (χ4v) is 11.9. The van der Waals surface area contributed by atoms with Crippen LogP contribution >= 0.6 is 63.7 Å². The molecule has 0 unspecified atom stereocenters. The molecule has 0 radical (unpaired) electrons. The molecule has 0 saturated heterocycles. The monoisotopic (exact) mass is 868 g/mol. The maximum Gasteiger partial charge on any atom is 0.0725 e. The molecule has 0 N–H and O–H groups in total. The van der Waals surface area contributed by atoms with Crippen LogP contribution in [0.1, 0.15) is 44.5 Å². The van der Waals surface area contributed by atoms with E-state index in [1.807, 2.05) is 0 Å². The normalized spacial score (nSPS) is 15.0. The zero-order valence-corrected chi connectivity index (χ0v) is 31.7. The molecule has 228 valence electrons. The minimum absolute atomic E-state index is 0.397. The van der Waals surface area contributed by atoms with Crippen molar-refractivity contribution in [2.75, 3.05) is 0 Å². The quantitative estimate of drug-likeness (QED) is 0.162. The van der Waals surface area contributed by atoms with Crippen LogP contribution in [0.5, 0.6) is 0 Å². The van der Waals surface area contributed by atoms with Crippen molar-refractivity contribution in [2.24, 2.45) is 0 Å². The Bertz CT molecular complexity index is 2390. The van der Waals surface area contributed by atoms with Crippen LogP contribution in [0.15, 0.2) is 163 Å². The third-order valence-corrected chi connectivity index (χ3v) is 12.6. The number of benzene rings is 7. The van der Waals surface area contributed by atoms with Crippen LogP contribution < -0.4 is 0 Å². The van der Waals surface area contributed by atoms with Gasteiger partial charge in [0.1, 0.15) is 0 Å². The number of rotatable bonds is 2. The van der Waals surface area contributed by atoms with Gasteiger partial charge in [0, 0.05) is 17.9 Å². The fourth-order valence-electron chi connectivity index (χ4n) is 9.28. The molecular formula is C44H24Br4. The number of hydrogen-bond donors (Lipinski definition) is 0. The average Bonchev–Trinajstić information content (AvgIpc) is 3.68. The molecule has 4 heteroatoms. The van der Waals surface area contributed by atoms with E-state index >= 15 is 0 Å². The summed E-state index contributed by atoms with van der Waals surface area (Å²) < 4.78 is 4.15. The molecule has 0 atom stereocenters. The van der Waals surface area contributed by atoms with Gasteiger partial charge in [-0.05, 0) is 114 Å². The summed E-state index contributed by atoms with van der Waals surface area (Å²) in [5, 5.41) is 0. The Balaban J connectivity index is 1.41. The smallest absolute Gasteiger partial charge is 0.0619 e. The topological polar surface area (TPSA) is 0 Å². The number of hydrogen-bond acceptors (Lipinski definition) is 0. The lowest BCUT2D eigenvalue weighted by Gasteiger charge is -2.35. The number of fused-ring (bicyclic) bond motifs is 14. The zero-order chi connectivity index (χ0) is 32.4. The molecule has 3 aliphatic carbocycles. The van der Waals surface area contributed by atoms with Crippen molar-refractivity contribution in [3.8, 4) is 33.4 Å². The first-order valence-corrected chi connectivity index (χ1v) is 19.1. The molecule has 0 fully saturated rings. The highest BCUT2D eigenvalue weighted by Crippen LogP contribution is 2.67. The van der Waals surface area contributed by atoms with Gasteiger partial charge in [0.05, 0.1) is 10.8 Å². The summed E-state index contributed by atoms with van der Waals surface area (Å²) in [7, 11) is 0. The van der Waals surface area contributed by atoms with E-state index in [4.69, 9.17) is 0 Å². The van der Waals surface area contributed by atoms with Crippen molar-refractivity contribution in [1.82, 2.24) is 0 Å². The van der Waals surface area contributed by atoms with Crippen LogP contribution in [0, 0.1) is 0 Å². The minimum atomic E-state index is -0.574. The molecule has 0 bridgehead atoms. The van der Waals surface area contributed by atoms with Crippen molar-refractivity contribution >= 4 is 63.7 Å². The van der Waals surface area contributed by atoms with Crippen LogP contribution in [-0.2, 0) is 10.8 Å². The Labute approximate surface area is 313 Å². The summed E-state index contributed by atoms with van der Waals surface area (Å²) in [6.07, 6.45) is 0. The second-order valence-electron chi connectivity index (χ2n) is 12.9. The molecule has 7 aromatic rings. The van der Waals surface area contributed by atoms with Gasteiger partial charge >= 0.3 is 0 Å². The summed E-state index contributed by atoms with van der Waals surface area (Å²) in [5.41, 5.74) is 17.4. The summed E-state index contributed by atoms with van der Waals surface area (Å²) in [4.78, 5) is 0. The van der Waals surface area contributed by atoms with Crippen molar-refractivity contribution in [3.63, 3.8) is 0 Å². The standard InChI is InChI=1S/C44H24Br4/c45-27-19-25(20-28(46)23-27)43(26-21-29(47)24-30(48)22-26)37-15-7-3-11-33(37)41-39(43)17-18-40-42(41)34-12-4-8-16-38(34)44(40)35-13-5-1-9-31(35)32-10-2-6-14-36(32)44/h1-24H. The zero-order valence-electron chi connectivity index (χ0n) is 25.4. The highest BCUT2D eigenvalue weighted by molar-refractivity contribution is 9.11. The third-order valence-electron chi connectivity index (χ3n) is 10.8. The predicted octanol–water partition coefficient (Wildman–Crippen LogP) is 13.4. The molecule has 0 saturated carbocycles. The van der Waals surface area contributed by atoms with Gasteiger partial charge in [0.15, 0.2) is 0 Å². The molecule has 0 aliphatic heterocycles. The van der Waals surface area contributed by atoms with Crippen molar-refractivity contribution in [1.29, 1.82) is 0 Å². The highest BCUT2D eigenvalue weighted by Gasteiger charge is 2.55. The lowest BCUT2D eigenvalue weighted by atomic mass is 9.66. The Kier molecular flexibility index (Phi) is 6.42. The van der Waals surface area contributed by atoms with E-state index in [0.29, 0.717) is 0 Å². The summed E-state index contributed by atoms with van der Waals surface area (Å²) in [6.45, 7) is 0.